The van der Waals surface area contributed by atoms with Crippen molar-refractivity contribution in [2.75, 3.05) is 0 Å². The molecular formula is C23H18N2. The van der Waals surface area contributed by atoms with Crippen LogP contribution in [0, 0.1) is 0 Å². The highest BCUT2D eigenvalue weighted by molar-refractivity contribution is 5.54. The molecule has 2 aromatic heterocycles. The van der Waals surface area contributed by atoms with Gasteiger partial charge in [-0.1, -0.05) is 72.8 Å². The summed E-state index contributed by atoms with van der Waals surface area (Å²) >= 11 is 0. The molecule has 2 aromatic carbocycles. The van der Waals surface area contributed by atoms with E-state index in [2.05, 4.69) is 65.6 Å². The molecule has 0 atom stereocenters. The minimum absolute atomic E-state index is 0.103. The minimum atomic E-state index is 0.103. The second-order valence-electron chi connectivity index (χ2n) is 5.92. The summed E-state index contributed by atoms with van der Waals surface area (Å²) in [6.45, 7) is 0. The van der Waals surface area contributed by atoms with Gasteiger partial charge in [-0.3, -0.25) is 9.97 Å². The van der Waals surface area contributed by atoms with Gasteiger partial charge in [0.05, 0.1) is 23.0 Å². The van der Waals surface area contributed by atoms with Gasteiger partial charge >= 0.3 is 0 Å². The summed E-state index contributed by atoms with van der Waals surface area (Å²) in [4.78, 5) is 9.37. The van der Waals surface area contributed by atoms with E-state index in [1.165, 1.54) is 11.1 Å². The van der Waals surface area contributed by atoms with Crippen LogP contribution in [0.1, 0.15) is 22.7 Å². The van der Waals surface area contributed by atoms with Gasteiger partial charge in [0.2, 0.25) is 0 Å². The zero-order valence-electron chi connectivity index (χ0n) is 13.8. The summed E-state index contributed by atoms with van der Waals surface area (Å²) in [5, 5.41) is 0. The first-order chi connectivity index (χ1) is 12.4. The molecule has 0 unspecified atom stereocenters. The molecule has 4 aromatic rings. The molecule has 2 nitrogen and oxygen atoms in total. The Morgan fingerprint density at radius 3 is 1.72 bits per heavy atom. The zero-order valence-corrected chi connectivity index (χ0v) is 13.8. The van der Waals surface area contributed by atoms with Crippen LogP contribution < -0.4 is 0 Å². The van der Waals surface area contributed by atoms with Crippen molar-refractivity contribution in [2.45, 2.75) is 5.92 Å². The van der Waals surface area contributed by atoms with Crippen molar-refractivity contribution in [1.82, 2.24) is 9.97 Å². The number of rotatable bonds is 4. The number of benzene rings is 2. The van der Waals surface area contributed by atoms with Crippen LogP contribution in [-0.2, 0) is 0 Å². The van der Waals surface area contributed by atoms with Crippen LogP contribution in [0.5, 0.6) is 0 Å². The third-order valence-electron chi connectivity index (χ3n) is 4.26. The van der Waals surface area contributed by atoms with Gasteiger partial charge in [0.1, 0.15) is 0 Å². The summed E-state index contributed by atoms with van der Waals surface area (Å²) in [6, 6.07) is 33.1. The Morgan fingerprint density at radius 2 is 1.12 bits per heavy atom. The van der Waals surface area contributed by atoms with Crippen LogP contribution in [0.4, 0.5) is 0 Å². The number of hydrogen-bond acceptors (Lipinski definition) is 2. The van der Waals surface area contributed by atoms with E-state index in [0.29, 0.717) is 0 Å². The molecule has 0 radical (unpaired) electrons. The fourth-order valence-electron chi connectivity index (χ4n) is 3.09. The molecule has 0 bridgehead atoms. The quantitative estimate of drug-likeness (QED) is 0.508. The van der Waals surface area contributed by atoms with Crippen LogP contribution in [0.3, 0.4) is 0 Å². The maximum absolute atomic E-state index is 4.93. The van der Waals surface area contributed by atoms with Crippen LogP contribution in [-0.4, -0.2) is 9.97 Å². The van der Waals surface area contributed by atoms with Crippen molar-refractivity contribution in [2.24, 2.45) is 0 Å². The monoisotopic (exact) mass is 322 g/mol. The molecule has 2 heterocycles. The lowest BCUT2D eigenvalue weighted by atomic mass is 9.88. The van der Waals surface area contributed by atoms with E-state index in [-0.39, 0.29) is 5.92 Å². The van der Waals surface area contributed by atoms with Crippen molar-refractivity contribution in [1.29, 1.82) is 0 Å². The van der Waals surface area contributed by atoms with Crippen LogP contribution >= 0.6 is 0 Å². The minimum Gasteiger partial charge on any atom is -0.255 e. The van der Waals surface area contributed by atoms with Gasteiger partial charge in [-0.25, -0.2) is 0 Å². The average Bonchev–Trinajstić information content (AvgIpc) is 2.71. The Bertz CT molecular complexity index is 896. The summed E-state index contributed by atoms with van der Waals surface area (Å²) < 4.78 is 0. The van der Waals surface area contributed by atoms with Gasteiger partial charge in [0, 0.05) is 6.20 Å². The Kier molecular flexibility index (Phi) is 4.34. The summed E-state index contributed by atoms with van der Waals surface area (Å²) in [7, 11) is 0. The van der Waals surface area contributed by atoms with Crippen LogP contribution in [0.2, 0.25) is 0 Å². The van der Waals surface area contributed by atoms with E-state index in [0.717, 1.165) is 17.1 Å². The van der Waals surface area contributed by atoms with Gasteiger partial charge in [-0.15, -0.1) is 0 Å². The van der Waals surface area contributed by atoms with Crippen molar-refractivity contribution < 1.29 is 0 Å². The molecule has 25 heavy (non-hydrogen) atoms. The normalized spacial score (nSPS) is 10.8. The number of aromatic nitrogens is 2. The van der Waals surface area contributed by atoms with E-state index < -0.39 is 0 Å². The zero-order chi connectivity index (χ0) is 16.9. The molecule has 0 fully saturated rings. The molecule has 0 saturated carbocycles. The molecule has 0 spiro atoms. The number of nitrogens with zero attached hydrogens (tertiary/aromatic N) is 2. The van der Waals surface area contributed by atoms with Crippen LogP contribution in [0.25, 0.3) is 11.4 Å². The molecule has 0 aliphatic carbocycles. The maximum Gasteiger partial charge on any atom is 0.0889 e. The van der Waals surface area contributed by atoms with E-state index in [9.17, 15) is 0 Å². The standard InChI is InChI=1S/C23H18N2/c1-3-10-18(11-4-1)23(19-12-5-2-6-13-19)22-16-9-15-21(25-22)20-14-7-8-17-24-20/h1-17,23H. The van der Waals surface area contributed by atoms with Gasteiger partial charge in [0.15, 0.2) is 0 Å². The second kappa shape index (κ2) is 7.10. The Morgan fingerprint density at radius 1 is 0.520 bits per heavy atom. The molecule has 0 aliphatic rings. The third-order valence-corrected chi connectivity index (χ3v) is 4.26. The van der Waals surface area contributed by atoms with E-state index in [1.807, 2.05) is 36.4 Å². The predicted octanol–water partition coefficient (Wildman–Crippen LogP) is 5.32. The lowest BCUT2D eigenvalue weighted by Gasteiger charge is -2.18. The first-order valence-corrected chi connectivity index (χ1v) is 8.40. The molecule has 0 amide bonds. The van der Waals surface area contributed by atoms with E-state index in [4.69, 9.17) is 4.98 Å². The number of hydrogen-bond donors (Lipinski definition) is 0. The highest BCUT2D eigenvalue weighted by atomic mass is 14.8. The van der Waals surface area contributed by atoms with Crippen molar-refractivity contribution in [3.63, 3.8) is 0 Å². The average molecular weight is 322 g/mol. The largest absolute Gasteiger partial charge is 0.255 e. The molecule has 0 aliphatic heterocycles. The summed E-state index contributed by atoms with van der Waals surface area (Å²) in [5.41, 5.74) is 5.29. The van der Waals surface area contributed by atoms with Crippen LogP contribution in [0.15, 0.2) is 103 Å². The Hall–Kier alpha value is -3.26. The second-order valence-corrected chi connectivity index (χ2v) is 5.92. The Labute approximate surface area is 147 Å². The smallest absolute Gasteiger partial charge is 0.0889 e. The van der Waals surface area contributed by atoms with Crippen molar-refractivity contribution >= 4 is 0 Å². The number of pyridine rings is 2. The van der Waals surface area contributed by atoms with Gasteiger partial charge in [-0.2, -0.15) is 0 Å². The first-order valence-electron chi connectivity index (χ1n) is 8.40. The molecule has 120 valence electrons. The van der Waals surface area contributed by atoms with Crippen molar-refractivity contribution in [3.8, 4) is 11.4 Å². The SMILES string of the molecule is c1ccc(C(c2ccccc2)c2cccc(-c3ccccn3)n2)cc1. The topological polar surface area (TPSA) is 25.8 Å². The fourth-order valence-corrected chi connectivity index (χ4v) is 3.09. The van der Waals surface area contributed by atoms with E-state index in [1.54, 1.807) is 6.20 Å². The predicted molar refractivity (Wildman–Crippen MR) is 101 cm³/mol. The first kappa shape index (κ1) is 15.3. The summed E-state index contributed by atoms with van der Waals surface area (Å²) in [5.74, 6) is 0.103. The van der Waals surface area contributed by atoms with Gasteiger partial charge < -0.3 is 0 Å². The lowest BCUT2D eigenvalue weighted by molar-refractivity contribution is 0.919. The molecule has 2 heteroatoms. The molecule has 4 rings (SSSR count). The van der Waals surface area contributed by atoms with E-state index >= 15 is 0 Å². The molecular weight excluding hydrogens is 304 g/mol. The van der Waals surface area contributed by atoms with Gasteiger partial charge in [-0.05, 0) is 35.4 Å². The molecule has 0 N–H and O–H groups in total. The third kappa shape index (κ3) is 3.33. The highest BCUT2D eigenvalue weighted by Crippen LogP contribution is 2.31. The highest BCUT2D eigenvalue weighted by Gasteiger charge is 2.18. The summed E-state index contributed by atoms with van der Waals surface area (Å²) in [6.07, 6.45) is 1.80. The fraction of sp³-hybridized carbons (Fsp3) is 0.0435. The lowest BCUT2D eigenvalue weighted by Crippen LogP contribution is -2.06. The maximum atomic E-state index is 4.93. The van der Waals surface area contributed by atoms with Gasteiger partial charge in [0.25, 0.3) is 0 Å². The molecule has 0 saturated heterocycles. The van der Waals surface area contributed by atoms with Crippen molar-refractivity contribution in [3.05, 3.63) is 120 Å². The Balaban J connectivity index is 1.83.